The summed E-state index contributed by atoms with van der Waals surface area (Å²) >= 11 is 0. The Morgan fingerprint density at radius 2 is 1.94 bits per heavy atom. The third-order valence-electron chi connectivity index (χ3n) is 1.86. The highest BCUT2D eigenvalue weighted by Crippen LogP contribution is 2.04. The number of para-hydroxylation sites is 1. The molecule has 1 aromatic carbocycles. The van der Waals surface area contributed by atoms with Crippen LogP contribution in [0.5, 0.6) is 0 Å². The molecule has 5 heteroatoms. The summed E-state index contributed by atoms with van der Waals surface area (Å²) in [5.74, 6) is -1.56. The van der Waals surface area contributed by atoms with Crippen molar-refractivity contribution in [2.45, 2.75) is 13.8 Å². The van der Waals surface area contributed by atoms with Crippen LogP contribution in [0.4, 0.5) is 5.69 Å². The SMILES string of the molecule is CCOC(=NNc1ccccc1)C(=O)C(C)=O. The van der Waals surface area contributed by atoms with Crippen molar-refractivity contribution in [1.82, 2.24) is 0 Å². The summed E-state index contributed by atoms with van der Waals surface area (Å²) in [5.41, 5.74) is 3.36. The number of ether oxygens (including phenoxy) is 1. The van der Waals surface area contributed by atoms with Crippen LogP contribution < -0.4 is 5.43 Å². The average molecular weight is 234 g/mol. The van der Waals surface area contributed by atoms with Gasteiger partial charge < -0.3 is 4.74 Å². The van der Waals surface area contributed by atoms with Crippen LogP contribution in [0.25, 0.3) is 0 Å². The molecular formula is C12H14N2O3. The van der Waals surface area contributed by atoms with Crippen molar-refractivity contribution in [3.05, 3.63) is 30.3 Å². The molecule has 17 heavy (non-hydrogen) atoms. The molecule has 5 nitrogen and oxygen atoms in total. The molecule has 0 saturated heterocycles. The van der Waals surface area contributed by atoms with Crippen molar-refractivity contribution in [1.29, 1.82) is 0 Å². The number of hydrazone groups is 1. The van der Waals surface area contributed by atoms with E-state index in [2.05, 4.69) is 10.5 Å². The molecule has 0 spiro atoms. The molecule has 0 unspecified atom stereocenters. The second kappa shape index (κ2) is 6.42. The van der Waals surface area contributed by atoms with E-state index < -0.39 is 11.6 Å². The van der Waals surface area contributed by atoms with Gasteiger partial charge in [-0.3, -0.25) is 15.0 Å². The normalized spacial score (nSPS) is 10.8. The number of anilines is 1. The van der Waals surface area contributed by atoms with Gasteiger partial charge in [0.25, 0.3) is 11.7 Å². The molecule has 0 bridgehead atoms. The maximum Gasteiger partial charge on any atom is 0.284 e. The molecule has 0 aliphatic rings. The molecule has 1 rings (SSSR count). The van der Waals surface area contributed by atoms with Gasteiger partial charge in [-0.25, -0.2) is 0 Å². The Bertz CT molecular complexity index is 427. The minimum Gasteiger partial charge on any atom is -0.474 e. The first-order valence-electron chi connectivity index (χ1n) is 5.22. The summed E-state index contributed by atoms with van der Waals surface area (Å²) in [4.78, 5) is 22.3. The highest BCUT2D eigenvalue weighted by atomic mass is 16.5. The third-order valence-corrected chi connectivity index (χ3v) is 1.86. The van der Waals surface area contributed by atoms with Gasteiger partial charge in [-0.05, 0) is 19.1 Å². The van der Waals surface area contributed by atoms with E-state index in [1.807, 2.05) is 18.2 Å². The van der Waals surface area contributed by atoms with Crippen molar-refractivity contribution in [3.63, 3.8) is 0 Å². The van der Waals surface area contributed by atoms with Crippen molar-refractivity contribution in [3.8, 4) is 0 Å². The Balaban J connectivity index is 2.77. The summed E-state index contributed by atoms with van der Waals surface area (Å²) in [7, 11) is 0. The topological polar surface area (TPSA) is 67.8 Å². The summed E-state index contributed by atoms with van der Waals surface area (Å²) in [6.45, 7) is 3.17. The lowest BCUT2D eigenvalue weighted by atomic mass is 10.3. The summed E-state index contributed by atoms with van der Waals surface area (Å²) in [6.07, 6.45) is 0. The lowest BCUT2D eigenvalue weighted by molar-refractivity contribution is -0.132. The molecule has 0 saturated carbocycles. The fraction of sp³-hybridized carbons (Fsp3) is 0.250. The monoisotopic (exact) mass is 234 g/mol. The molecular weight excluding hydrogens is 220 g/mol. The Morgan fingerprint density at radius 3 is 2.47 bits per heavy atom. The predicted octanol–water partition coefficient (Wildman–Crippen LogP) is 1.61. The number of hydrogen-bond donors (Lipinski definition) is 1. The first-order valence-corrected chi connectivity index (χ1v) is 5.22. The molecule has 0 heterocycles. The van der Waals surface area contributed by atoms with E-state index in [4.69, 9.17) is 4.74 Å². The summed E-state index contributed by atoms with van der Waals surface area (Å²) < 4.78 is 5.00. The van der Waals surface area contributed by atoms with E-state index in [-0.39, 0.29) is 12.5 Å². The Hall–Kier alpha value is -2.17. The number of Topliss-reactive ketones (excluding diaryl/α,β-unsaturated/α-hetero) is 2. The van der Waals surface area contributed by atoms with Crippen molar-refractivity contribution in [2.75, 3.05) is 12.0 Å². The molecule has 90 valence electrons. The van der Waals surface area contributed by atoms with Gasteiger partial charge in [0.15, 0.2) is 0 Å². The van der Waals surface area contributed by atoms with Crippen molar-refractivity contribution in [2.24, 2.45) is 5.10 Å². The second-order valence-corrected chi connectivity index (χ2v) is 3.21. The van der Waals surface area contributed by atoms with Gasteiger partial charge in [-0.2, -0.15) is 0 Å². The molecule has 1 aromatic rings. The number of nitrogens with zero attached hydrogens (tertiary/aromatic N) is 1. The van der Waals surface area contributed by atoms with Crippen LogP contribution in [-0.2, 0) is 14.3 Å². The van der Waals surface area contributed by atoms with Crippen LogP contribution in [0.15, 0.2) is 35.4 Å². The van der Waals surface area contributed by atoms with E-state index in [0.29, 0.717) is 5.69 Å². The molecule has 0 aromatic heterocycles. The number of ketones is 2. The van der Waals surface area contributed by atoms with Gasteiger partial charge >= 0.3 is 0 Å². The molecule has 0 radical (unpaired) electrons. The maximum atomic E-state index is 11.4. The van der Waals surface area contributed by atoms with E-state index in [1.54, 1.807) is 19.1 Å². The zero-order valence-electron chi connectivity index (χ0n) is 9.77. The van der Waals surface area contributed by atoms with Gasteiger partial charge in [0.1, 0.15) is 0 Å². The fourth-order valence-corrected chi connectivity index (χ4v) is 1.06. The Morgan fingerprint density at radius 1 is 1.29 bits per heavy atom. The summed E-state index contributed by atoms with van der Waals surface area (Å²) in [6, 6.07) is 9.08. The zero-order valence-corrected chi connectivity index (χ0v) is 9.77. The van der Waals surface area contributed by atoms with Crippen LogP contribution in [0, 0.1) is 0 Å². The van der Waals surface area contributed by atoms with E-state index in [0.717, 1.165) is 0 Å². The van der Waals surface area contributed by atoms with Crippen LogP contribution in [0.3, 0.4) is 0 Å². The van der Waals surface area contributed by atoms with E-state index >= 15 is 0 Å². The number of benzene rings is 1. The van der Waals surface area contributed by atoms with Gasteiger partial charge in [-0.15, -0.1) is 5.10 Å². The van der Waals surface area contributed by atoms with Gasteiger partial charge in [-0.1, -0.05) is 18.2 Å². The molecule has 0 aliphatic heterocycles. The third kappa shape index (κ3) is 4.06. The number of carbonyl (C=O) groups excluding carboxylic acids is 2. The standard InChI is InChI=1S/C12H14N2O3/c1-3-17-12(11(16)9(2)15)14-13-10-7-5-4-6-8-10/h4-8,13H,3H2,1-2H3. The Kier molecular flexibility index (Phi) is 4.87. The van der Waals surface area contributed by atoms with E-state index in [1.165, 1.54) is 6.92 Å². The van der Waals surface area contributed by atoms with Gasteiger partial charge in [0.05, 0.1) is 12.3 Å². The minimum absolute atomic E-state index is 0.219. The quantitative estimate of drug-likeness (QED) is 0.364. The van der Waals surface area contributed by atoms with Gasteiger partial charge in [0.2, 0.25) is 5.78 Å². The molecule has 0 amide bonds. The van der Waals surface area contributed by atoms with E-state index in [9.17, 15) is 9.59 Å². The maximum absolute atomic E-state index is 11.4. The highest BCUT2D eigenvalue weighted by molar-refractivity contribution is 6.63. The largest absolute Gasteiger partial charge is 0.474 e. The minimum atomic E-state index is -0.740. The lowest BCUT2D eigenvalue weighted by Gasteiger charge is -2.05. The van der Waals surface area contributed by atoms with Crippen molar-refractivity contribution >= 4 is 23.2 Å². The second-order valence-electron chi connectivity index (χ2n) is 3.21. The van der Waals surface area contributed by atoms with Crippen LogP contribution in [-0.4, -0.2) is 24.1 Å². The van der Waals surface area contributed by atoms with Gasteiger partial charge in [0, 0.05) is 6.92 Å². The number of carbonyl (C=O) groups is 2. The van der Waals surface area contributed by atoms with Crippen LogP contribution >= 0.6 is 0 Å². The molecule has 0 atom stereocenters. The lowest BCUT2D eigenvalue weighted by Crippen LogP contribution is -2.25. The molecule has 1 N–H and O–H groups in total. The zero-order chi connectivity index (χ0) is 12.7. The van der Waals surface area contributed by atoms with Crippen molar-refractivity contribution < 1.29 is 14.3 Å². The van der Waals surface area contributed by atoms with Crippen LogP contribution in [0.2, 0.25) is 0 Å². The first kappa shape index (κ1) is 12.9. The average Bonchev–Trinajstić information content (AvgIpc) is 2.34. The number of hydrogen-bond acceptors (Lipinski definition) is 5. The smallest absolute Gasteiger partial charge is 0.284 e. The molecule has 0 aliphatic carbocycles. The molecule has 0 fully saturated rings. The number of rotatable bonds is 5. The highest BCUT2D eigenvalue weighted by Gasteiger charge is 2.17. The fourth-order valence-electron chi connectivity index (χ4n) is 1.06. The van der Waals surface area contributed by atoms with Crippen LogP contribution in [0.1, 0.15) is 13.8 Å². The predicted molar refractivity (Wildman–Crippen MR) is 64.8 cm³/mol. The first-order chi connectivity index (χ1) is 8.15. The summed E-state index contributed by atoms with van der Waals surface area (Å²) in [5, 5.41) is 3.78. The Labute approximate surface area is 99.5 Å². The number of nitrogens with one attached hydrogen (secondary N) is 1.